The fourth-order valence-corrected chi connectivity index (χ4v) is 3.24. The second-order valence-electron chi connectivity index (χ2n) is 6.53. The molecule has 0 bridgehead atoms. The highest BCUT2D eigenvalue weighted by atomic mass is 16.6. The zero-order chi connectivity index (χ0) is 18.8. The lowest BCUT2D eigenvalue weighted by molar-refractivity contribution is -0.121. The Hall–Kier alpha value is -3.16. The van der Waals surface area contributed by atoms with E-state index in [9.17, 15) is 4.79 Å². The monoisotopic (exact) mass is 367 g/mol. The molecule has 1 aromatic carbocycles. The molecule has 1 atom stereocenters. The predicted octanol–water partition coefficient (Wildman–Crippen LogP) is 1.63. The smallest absolute Gasteiger partial charge is 0.252 e. The summed E-state index contributed by atoms with van der Waals surface area (Å²) in [5.74, 6) is 1.99. The van der Waals surface area contributed by atoms with Gasteiger partial charge in [-0.15, -0.1) is 0 Å². The summed E-state index contributed by atoms with van der Waals surface area (Å²) in [6.45, 7) is 4.72. The van der Waals surface area contributed by atoms with Crippen LogP contribution in [0.3, 0.4) is 0 Å². The van der Waals surface area contributed by atoms with Crippen molar-refractivity contribution in [3.8, 4) is 11.5 Å². The molecule has 2 aromatic heterocycles. The maximum Gasteiger partial charge on any atom is 0.252 e. The van der Waals surface area contributed by atoms with E-state index in [2.05, 4.69) is 20.4 Å². The predicted molar refractivity (Wildman–Crippen MR) is 97.9 cm³/mol. The molecule has 0 radical (unpaired) electrons. The van der Waals surface area contributed by atoms with Gasteiger partial charge in [0, 0.05) is 17.8 Å². The first-order valence-electron chi connectivity index (χ1n) is 8.93. The van der Waals surface area contributed by atoms with Gasteiger partial charge in [0.1, 0.15) is 19.0 Å². The van der Waals surface area contributed by atoms with E-state index >= 15 is 0 Å². The average Bonchev–Trinajstić information content (AvgIpc) is 3.14. The van der Waals surface area contributed by atoms with Crippen LogP contribution in [0.1, 0.15) is 23.4 Å². The molecule has 1 aliphatic heterocycles. The summed E-state index contributed by atoms with van der Waals surface area (Å²) in [6, 6.07) is 7.53. The molecule has 1 N–H and O–H groups in total. The van der Waals surface area contributed by atoms with Crippen LogP contribution in [0.4, 0.5) is 0 Å². The van der Waals surface area contributed by atoms with E-state index in [1.165, 1.54) is 6.33 Å². The first kappa shape index (κ1) is 17.3. The van der Waals surface area contributed by atoms with Crippen LogP contribution < -0.4 is 14.8 Å². The lowest BCUT2D eigenvalue weighted by Crippen LogP contribution is -2.40. The number of nitrogens with zero attached hydrogens (tertiary/aromatic N) is 4. The highest BCUT2D eigenvalue weighted by molar-refractivity contribution is 5.76. The minimum absolute atomic E-state index is 0.0325. The lowest BCUT2D eigenvalue weighted by atomic mass is 10.1. The summed E-state index contributed by atoms with van der Waals surface area (Å²) >= 11 is 0. The molecule has 0 fully saturated rings. The van der Waals surface area contributed by atoms with Crippen molar-refractivity contribution < 1.29 is 14.3 Å². The third kappa shape index (κ3) is 3.55. The highest BCUT2D eigenvalue weighted by Gasteiger charge is 2.21. The SMILES string of the molecule is Cc1nc2ncnn2c(C)c1CCC(=O)NCC1COc2ccccc2O1. The molecule has 3 heterocycles. The molecule has 1 aliphatic rings. The number of rotatable bonds is 5. The van der Waals surface area contributed by atoms with E-state index in [1.54, 1.807) is 4.52 Å². The van der Waals surface area contributed by atoms with Gasteiger partial charge in [0.25, 0.3) is 5.78 Å². The molecule has 4 rings (SSSR count). The fraction of sp³-hybridized carbons (Fsp3) is 0.368. The van der Waals surface area contributed by atoms with Gasteiger partial charge in [-0.2, -0.15) is 10.1 Å². The van der Waals surface area contributed by atoms with Gasteiger partial charge < -0.3 is 14.8 Å². The number of amides is 1. The first-order valence-corrected chi connectivity index (χ1v) is 8.93. The first-order chi connectivity index (χ1) is 13.1. The molecule has 0 spiro atoms. The van der Waals surface area contributed by atoms with E-state index < -0.39 is 0 Å². The molecule has 8 heteroatoms. The van der Waals surface area contributed by atoms with Crippen molar-refractivity contribution in [3.63, 3.8) is 0 Å². The Kier molecular flexibility index (Phi) is 4.62. The number of ether oxygens (including phenoxy) is 2. The largest absolute Gasteiger partial charge is 0.486 e. The van der Waals surface area contributed by atoms with Crippen LogP contribution in [0.5, 0.6) is 11.5 Å². The Bertz CT molecular complexity index is 985. The maximum absolute atomic E-state index is 12.3. The normalized spacial score (nSPS) is 15.7. The third-order valence-corrected chi connectivity index (χ3v) is 4.69. The molecule has 3 aromatic rings. The third-order valence-electron chi connectivity index (χ3n) is 4.69. The van der Waals surface area contributed by atoms with Crippen LogP contribution in [-0.4, -0.2) is 44.7 Å². The number of aromatic nitrogens is 4. The van der Waals surface area contributed by atoms with Crippen molar-refractivity contribution in [1.82, 2.24) is 24.9 Å². The quantitative estimate of drug-likeness (QED) is 0.737. The summed E-state index contributed by atoms with van der Waals surface area (Å²) < 4.78 is 13.2. The van der Waals surface area contributed by atoms with Gasteiger partial charge in [0.15, 0.2) is 11.5 Å². The van der Waals surface area contributed by atoms with Gasteiger partial charge in [-0.1, -0.05) is 12.1 Å². The second-order valence-corrected chi connectivity index (χ2v) is 6.53. The molecular formula is C19H21N5O3. The van der Waals surface area contributed by atoms with E-state index in [-0.39, 0.29) is 12.0 Å². The molecule has 27 heavy (non-hydrogen) atoms. The van der Waals surface area contributed by atoms with E-state index in [0.29, 0.717) is 37.5 Å². The summed E-state index contributed by atoms with van der Waals surface area (Å²) in [4.78, 5) is 20.8. The zero-order valence-electron chi connectivity index (χ0n) is 15.3. The molecule has 0 saturated heterocycles. The minimum Gasteiger partial charge on any atom is -0.486 e. The van der Waals surface area contributed by atoms with Crippen molar-refractivity contribution in [1.29, 1.82) is 0 Å². The highest BCUT2D eigenvalue weighted by Crippen LogP contribution is 2.30. The maximum atomic E-state index is 12.3. The Balaban J connectivity index is 1.32. The molecule has 1 unspecified atom stereocenters. The number of carbonyl (C=O) groups excluding carboxylic acids is 1. The Labute approximate surface area is 156 Å². The summed E-state index contributed by atoms with van der Waals surface area (Å²) in [6.07, 6.45) is 2.25. The van der Waals surface area contributed by atoms with E-state index in [4.69, 9.17) is 9.47 Å². The summed E-state index contributed by atoms with van der Waals surface area (Å²) in [7, 11) is 0. The molecule has 8 nitrogen and oxygen atoms in total. The van der Waals surface area contributed by atoms with Gasteiger partial charge >= 0.3 is 0 Å². The Morgan fingerprint density at radius 2 is 2.11 bits per heavy atom. The number of carbonyl (C=O) groups is 1. The van der Waals surface area contributed by atoms with Gasteiger partial charge in [-0.3, -0.25) is 4.79 Å². The Morgan fingerprint density at radius 3 is 2.96 bits per heavy atom. The van der Waals surface area contributed by atoms with Crippen LogP contribution in [0.2, 0.25) is 0 Å². The molecule has 0 aliphatic carbocycles. The van der Waals surface area contributed by atoms with Gasteiger partial charge in [-0.25, -0.2) is 9.50 Å². The summed E-state index contributed by atoms with van der Waals surface area (Å²) in [5, 5.41) is 7.10. The number of nitrogens with one attached hydrogen (secondary N) is 1. The number of benzene rings is 1. The van der Waals surface area contributed by atoms with Crippen LogP contribution >= 0.6 is 0 Å². The van der Waals surface area contributed by atoms with E-state index in [1.807, 2.05) is 38.1 Å². The van der Waals surface area contributed by atoms with Crippen molar-refractivity contribution >= 4 is 11.7 Å². The van der Waals surface area contributed by atoms with Gasteiger partial charge in [0.2, 0.25) is 5.91 Å². The lowest BCUT2D eigenvalue weighted by Gasteiger charge is -2.26. The van der Waals surface area contributed by atoms with Gasteiger partial charge in [0.05, 0.1) is 6.54 Å². The van der Waals surface area contributed by atoms with Crippen molar-refractivity contribution in [2.75, 3.05) is 13.2 Å². The standard InChI is InChI=1S/C19H21N5O3/c1-12-15(13(2)24-19(23-12)21-11-22-24)7-8-18(25)20-9-14-10-26-16-5-3-4-6-17(16)27-14/h3-6,11,14H,7-10H2,1-2H3,(H,20,25). The number of para-hydroxylation sites is 2. The van der Waals surface area contributed by atoms with E-state index in [0.717, 1.165) is 22.7 Å². The zero-order valence-corrected chi connectivity index (χ0v) is 15.3. The molecule has 140 valence electrons. The van der Waals surface area contributed by atoms with Gasteiger partial charge in [-0.05, 0) is 38.0 Å². The number of hydrogen-bond donors (Lipinski definition) is 1. The van der Waals surface area contributed by atoms with Crippen molar-refractivity contribution in [2.45, 2.75) is 32.8 Å². The van der Waals surface area contributed by atoms with Crippen LogP contribution in [0.25, 0.3) is 5.78 Å². The van der Waals surface area contributed by atoms with Crippen LogP contribution in [-0.2, 0) is 11.2 Å². The Morgan fingerprint density at radius 1 is 1.30 bits per heavy atom. The molecular weight excluding hydrogens is 346 g/mol. The van der Waals surface area contributed by atoms with Crippen molar-refractivity contribution in [2.24, 2.45) is 0 Å². The average molecular weight is 367 g/mol. The minimum atomic E-state index is -0.194. The topological polar surface area (TPSA) is 90.6 Å². The van der Waals surface area contributed by atoms with Crippen LogP contribution in [0.15, 0.2) is 30.6 Å². The number of hydrogen-bond acceptors (Lipinski definition) is 6. The van der Waals surface area contributed by atoms with Crippen LogP contribution in [0, 0.1) is 13.8 Å². The summed E-state index contributed by atoms with van der Waals surface area (Å²) in [5.41, 5.74) is 2.86. The molecule has 1 amide bonds. The van der Waals surface area contributed by atoms with Crippen molar-refractivity contribution in [3.05, 3.63) is 47.5 Å². The number of fused-ring (bicyclic) bond motifs is 2. The fourth-order valence-electron chi connectivity index (χ4n) is 3.24. The number of aryl methyl sites for hydroxylation is 2. The molecule has 0 saturated carbocycles. The second kappa shape index (κ2) is 7.22.